The minimum atomic E-state index is -0.821. The molecule has 1 aliphatic rings. The van der Waals surface area contributed by atoms with Crippen LogP contribution in [0.2, 0.25) is 0 Å². The normalized spacial score (nSPS) is 16.0. The molecule has 30 heavy (non-hydrogen) atoms. The molecule has 8 heteroatoms. The molecule has 1 saturated heterocycles. The van der Waals surface area contributed by atoms with E-state index >= 15 is 0 Å². The second-order valence-corrected chi connectivity index (χ2v) is 7.21. The number of rotatable bonds is 8. The summed E-state index contributed by atoms with van der Waals surface area (Å²) in [6.45, 7) is 2.62. The molecule has 2 aromatic rings. The molecule has 0 aromatic heterocycles. The lowest BCUT2D eigenvalue weighted by molar-refractivity contribution is -0.121. The average Bonchev–Trinajstić information content (AvgIpc) is 3.04. The van der Waals surface area contributed by atoms with Crippen molar-refractivity contribution in [3.05, 3.63) is 54.1 Å². The number of nitrogens with one attached hydrogen (secondary N) is 2. The molecule has 3 amide bonds. The van der Waals surface area contributed by atoms with E-state index in [1.165, 1.54) is 0 Å². The molecule has 3 rings (SSSR count). The number of carbonyl (C=O) groups is 3. The molecule has 0 saturated carbocycles. The molecule has 1 heterocycles. The largest absolute Gasteiger partial charge is 0.494 e. The van der Waals surface area contributed by atoms with Crippen molar-refractivity contribution in [1.82, 2.24) is 10.9 Å². The number of ether oxygens (including phenoxy) is 1. The summed E-state index contributed by atoms with van der Waals surface area (Å²) in [6, 6.07) is 13.0. The van der Waals surface area contributed by atoms with Crippen molar-refractivity contribution in [2.24, 2.45) is 0 Å². The van der Waals surface area contributed by atoms with Crippen LogP contribution in [0.25, 0.3) is 0 Å². The van der Waals surface area contributed by atoms with Gasteiger partial charge < -0.3 is 9.64 Å². The lowest BCUT2D eigenvalue weighted by atomic mass is 10.2. The van der Waals surface area contributed by atoms with E-state index in [0.29, 0.717) is 23.6 Å². The van der Waals surface area contributed by atoms with Gasteiger partial charge in [-0.2, -0.15) is 0 Å². The van der Waals surface area contributed by atoms with Gasteiger partial charge in [0.15, 0.2) is 0 Å². The molecule has 1 fully saturated rings. The Labute approximate surface area is 175 Å². The van der Waals surface area contributed by atoms with Crippen LogP contribution < -0.4 is 25.4 Å². The van der Waals surface area contributed by atoms with Crippen molar-refractivity contribution in [3.8, 4) is 5.75 Å². The zero-order chi connectivity index (χ0) is 21.7. The van der Waals surface area contributed by atoms with Crippen molar-refractivity contribution < 1.29 is 19.1 Å². The van der Waals surface area contributed by atoms with Gasteiger partial charge in [0.1, 0.15) is 11.8 Å². The minimum absolute atomic E-state index is 0.0350. The predicted molar refractivity (Wildman–Crippen MR) is 114 cm³/mol. The molecule has 0 aliphatic carbocycles. The summed E-state index contributed by atoms with van der Waals surface area (Å²) >= 11 is 0. The second-order valence-electron chi connectivity index (χ2n) is 7.21. The number of carbonyl (C=O) groups excluding carboxylic acids is 3. The van der Waals surface area contributed by atoms with Crippen LogP contribution in [0.5, 0.6) is 5.75 Å². The topological polar surface area (TPSA) is 91.0 Å². The maximum Gasteiger partial charge on any atom is 0.265 e. The fourth-order valence-electron chi connectivity index (χ4n) is 3.06. The molecule has 0 spiro atoms. The highest BCUT2D eigenvalue weighted by Gasteiger charge is 2.39. The highest BCUT2D eigenvalue weighted by atomic mass is 16.5. The van der Waals surface area contributed by atoms with Crippen LogP contribution in [-0.2, 0) is 9.59 Å². The maximum atomic E-state index is 12.7. The van der Waals surface area contributed by atoms with Gasteiger partial charge in [0.2, 0.25) is 5.91 Å². The third kappa shape index (κ3) is 4.77. The van der Waals surface area contributed by atoms with E-state index in [1.807, 2.05) is 38.1 Å². The van der Waals surface area contributed by atoms with Gasteiger partial charge in [0.25, 0.3) is 11.8 Å². The highest BCUT2D eigenvalue weighted by Crippen LogP contribution is 2.25. The Hall–Kier alpha value is -3.39. The summed E-state index contributed by atoms with van der Waals surface area (Å²) in [5, 5.41) is 0. The summed E-state index contributed by atoms with van der Waals surface area (Å²) < 4.78 is 5.52. The monoisotopic (exact) mass is 410 g/mol. The second kappa shape index (κ2) is 9.41. The van der Waals surface area contributed by atoms with Gasteiger partial charge in [-0.3, -0.25) is 19.8 Å². The molecule has 0 bridgehead atoms. The van der Waals surface area contributed by atoms with E-state index in [0.717, 1.165) is 17.0 Å². The SMILES string of the molecule is CCCOc1ccc(N2C(=O)CC(NNC(=O)c3ccc(N(C)C)cc3)C2=O)cc1. The fourth-order valence-corrected chi connectivity index (χ4v) is 3.06. The smallest absolute Gasteiger partial charge is 0.265 e. The summed E-state index contributed by atoms with van der Waals surface area (Å²) in [6.07, 6.45) is 0.858. The van der Waals surface area contributed by atoms with E-state index in [4.69, 9.17) is 4.74 Å². The van der Waals surface area contributed by atoms with Crippen molar-refractivity contribution in [1.29, 1.82) is 0 Å². The first-order chi connectivity index (χ1) is 14.4. The average molecular weight is 410 g/mol. The van der Waals surface area contributed by atoms with Crippen LogP contribution in [0.3, 0.4) is 0 Å². The van der Waals surface area contributed by atoms with Crippen molar-refractivity contribution >= 4 is 29.1 Å². The summed E-state index contributed by atoms with van der Waals surface area (Å²) in [4.78, 5) is 40.5. The zero-order valence-electron chi connectivity index (χ0n) is 17.3. The molecule has 8 nitrogen and oxygen atoms in total. The Morgan fingerprint density at radius 3 is 2.37 bits per heavy atom. The van der Waals surface area contributed by atoms with E-state index in [2.05, 4.69) is 10.9 Å². The first kappa shape index (κ1) is 21.3. The molecular weight excluding hydrogens is 384 g/mol. The van der Waals surface area contributed by atoms with Crippen molar-refractivity contribution in [2.75, 3.05) is 30.5 Å². The first-order valence-corrected chi connectivity index (χ1v) is 9.83. The zero-order valence-corrected chi connectivity index (χ0v) is 17.3. The summed E-state index contributed by atoms with van der Waals surface area (Å²) in [5.41, 5.74) is 7.11. The highest BCUT2D eigenvalue weighted by molar-refractivity contribution is 6.22. The predicted octanol–water partition coefficient (Wildman–Crippen LogP) is 2.11. The molecule has 1 aliphatic heterocycles. The third-order valence-electron chi connectivity index (χ3n) is 4.72. The minimum Gasteiger partial charge on any atom is -0.494 e. The number of benzene rings is 2. The van der Waals surface area contributed by atoms with Crippen LogP contribution in [0.15, 0.2) is 48.5 Å². The number of hydrogen-bond acceptors (Lipinski definition) is 6. The molecule has 0 radical (unpaired) electrons. The Balaban J connectivity index is 1.60. The molecule has 2 N–H and O–H groups in total. The van der Waals surface area contributed by atoms with Crippen molar-refractivity contribution in [3.63, 3.8) is 0 Å². The van der Waals surface area contributed by atoms with Gasteiger partial charge in [0.05, 0.1) is 18.7 Å². The van der Waals surface area contributed by atoms with Crippen LogP contribution in [0.1, 0.15) is 30.1 Å². The first-order valence-electron chi connectivity index (χ1n) is 9.83. The molecule has 158 valence electrons. The van der Waals surface area contributed by atoms with Crippen LogP contribution >= 0.6 is 0 Å². The summed E-state index contributed by atoms with van der Waals surface area (Å²) in [7, 11) is 3.83. The Morgan fingerprint density at radius 2 is 1.77 bits per heavy atom. The number of hydrogen-bond donors (Lipinski definition) is 2. The fraction of sp³-hybridized carbons (Fsp3) is 0.318. The van der Waals surface area contributed by atoms with Gasteiger partial charge in [-0.1, -0.05) is 6.92 Å². The molecule has 2 aromatic carbocycles. The Morgan fingerprint density at radius 1 is 1.10 bits per heavy atom. The molecule has 1 atom stereocenters. The van der Waals surface area contributed by atoms with E-state index in [9.17, 15) is 14.4 Å². The van der Waals surface area contributed by atoms with Crippen molar-refractivity contribution in [2.45, 2.75) is 25.8 Å². The quantitative estimate of drug-likeness (QED) is 0.512. The van der Waals surface area contributed by atoms with Crippen LogP contribution in [0, 0.1) is 0 Å². The molecule has 1 unspecified atom stereocenters. The number of anilines is 2. The Bertz CT molecular complexity index is 910. The third-order valence-corrected chi connectivity index (χ3v) is 4.72. The van der Waals surface area contributed by atoms with Crippen LogP contribution in [-0.4, -0.2) is 44.5 Å². The van der Waals surface area contributed by atoms with Gasteiger partial charge in [-0.05, 0) is 55.0 Å². The lowest BCUT2D eigenvalue weighted by Gasteiger charge is -2.17. The van der Waals surface area contributed by atoms with Gasteiger partial charge >= 0.3 is 0 Å². The maximum absolute atomic E-state index is 12.7. The number of hydrazine groups is 1. The standard InChI is InChI=1S/C22H26N4O4/c1-4-13-30-18-11-9-17(10-12-18)26-20(27)14-19(22(26)29)23-24-21(28)15-5-7-16(8-6-15)25(2)3/h5-12,19,23H,4,13-14H2,1-3H3,(H,24,28). The molecular formula is C22H26N4O4. The number of imide groups is 1. The summed E-state index contributed by atoms with van der Waals surface area (Å²) in [5.74, 6) is -0.437. The van der Waals surface area contributed by atoms with E-state index in [1.54, 1.807) is 36.4 Å². The number of amides is 3. The Kier molecular flexibility index (Phi) is 6.68. The van der Waals surface area contributed by atoms with Gasteiger partial charge in [0, 0.05) is 25.3 Å². The van der Waals surface area contributed by atoms with E-state index in [-0.39, 0.29) is 18.2 Å². The van der Waals surface area contributed by atoms with E-state index < -0.39 is 11.9 Å². The van der Waals surface area contributed by atoms with Crippen LogP contribution in [0.4, 0.5) is 11.4 Å². The van der Waals surface area contributed by atoms with Gasteiger partial charge in [-0.25, -0.2) is 10.3 Å². The lowest BCUT2D eigenvalue weighted by Crippen LogP contribution is -2.48. The number of nitrogens with zero attached hydrogens (tertiary/aromatic N) is 2. The van der Waals surface area contributed by atoms with Gasteiger partial charge in [-0.15, -0.1) is 0 Å².